The van der Waals surface area contributed by atoms with Crippen LogP contribution in [0.15, 0.2) is 30.5 Å². The third kappa shape index (κ3) is 4.57. The van der Waals surface area contributed by atoms with E-state index in [4.69, 9.17) is 16.7 Å². The summed E-state index contributed by atoms with van der Waals surface area (Å²) >= 11 is 6.05. The number of urea groups is 1. The number of hydrazine groups is 1. The minimum atomic E-state index is -4.48. The standard InChI is InChI=1S/C21H24ClF3N4O3/c22-17-14(2-1-3-15(17)21(23,24)25)12-27-9-5-20(13-27)6-10-28(11-7-20)19(32)29-8-4-16(26-29)18(30)31/h1-4,8,16,26H,5-7,9-13H2,(H,30,31). The highest BCUT2D eigenvalue weighted by molar-refractivity contribution is 6.32. The number of aliphatic carboxylic acids is 1. The molecule has 0 aromatic heterocycles. The van der Waals surface area contributed by atoms with Crippen LogP contribution in [0.1, 0.15) is 30.4 Å². The van der Waals surface area contributed by atoms with Crippen molar-refractivity contribution in [3.63, 3.8) is 0 Å². The number of carboxylic acids is 1. The second kappa shape index (κ2) is 8.57. The van der Waals surface area contributed by atoms with Crippen LogP contribution in [0, 0.1) is 5.41 Å². The van der Waals surface area contributed by atoms with E-state index in [9.17, 15) is 22.8 Å². The van der Waals surface area contributed by atoms with E-state index in [-0.39, 0.29) is 16.5 Å². The van der Waals surface area contributed by atoms with Crippen molar-refractivity contribution >= 4 is 23.6 Å². The molecule has 0 aliphatic carbocycles. The minimum Gasteiger partial charge on any atom is -0.480 e. The fourth-order valence-electron chi connectivity index (χ4n) is 4.72. The maximum absolute atomic E-state index is 13.1. The van der Waals surface area contributed by atoms with Gasteiger partial charge in [-0.1, -0.05) is 23.7 Å². The van der Waals surface area contributed by atoms with Crippen molar-refractivity contribution in [2.75, 3.05) is 26.2 Å². The first kappa shape index (κ1) is 22.9. The zero-order valence-corrected chi connectivity index (χ0v) is 18.0. The van der Waals surface area contributed by atoms with Gasteiger partial charge in [-0.3, -0.25) is 9.69 Å². The van der Waals surface area contributed by atoms with Crippen molar-refractivity contribution < 1.29 is 27.9 Å². The number of nitrogens with one attached hydrogen (secondary N) is 1. The van der Waals surface area contributed by atoms with Crippen molar-refractivity contribution in [1.82, 2.24) is 20.2 Å². The van der Waals surface area contributed by atoms with Crippen LogP contribution >= 0.6 is 11.6 Å². The van der Waals surface area contributed by atoms with Crippen molar-refractivity contribution in [1.29, 1.82) is 0 Å². The molecule has 0 radical (unpaired) electrons. The Hall–Kier alpha value is -2.30. The average molecular weight is 473 g/mol. The summed E-state index contributed by atoms with van der Waals surface area (Å²) in [6.07, 6.45) is 0.842. The van der Waals surface area contributed by atoms with Gasteiger partial charge in [-0.2, -0.15) is 13.2 Å². The van der Waals surface area contributed by atoms with Crippen LogP contribution in [0.5, 0.6) is 0 Å². The van der Waals surface area contributed by atoms with Crippen LogP contribution in [-0.4, -0.2) is 64.1 Å². The summed E-state index contributed by atoms with van der Waals surface area (Å²) in [7, 11) is 0. The normalized spacial score (nSPS) is 23.3. The third-order valence-electron chi connectivity index (χ3n) is 6.57. The van der Waals surface area contributed by atoms with Crippen LogP contribution in [0.4, 0.5) is 18.0 Å². The molecule has 1 unspecified atom stereocenters. The molecule has 2 amide bonds. The van der Waals surface area contributed by atoms with Crippen LogP contribution in [-0.2, 0) is 17.5 Å². The fraction of sp³-hybridized carbons (Fsp3) is 0.524. The number of amides is 2. The molecule has 32 heavy (non-hydrogen) atoms. The quantitative estimate of drug-likeness (QED) is 0.703. The highest BCUT2D eigenvalue weighted by Gasteiger charge is 2.42. The maximum Gasteiger partial charge on any atom is 0.417 e. The van der Waals surface area contributed by atoms with Gasteiger partial charge >= 0.3 is 18.2 Å². The number of nitrogens with zero attached hydrogens (tertiary/aromatic N) is 3. The Morgan fingerprint density at radius 1 is 1.19 bits per heavy atom. The molecule has 7 nitrogen and oxygen atoms in total. The lowest BCUT2D eigenvalue weighted by molar-refractivity contribution is -0.139. The number of likely N-dealkylation sites (tertiary alicyclic amines) is 2. The van der Waals surface area contributed by atoms with Crippen molar-refractivity contribution in [3.05, 3.63) is 46.6 Å². The number of halogens is 4. The average Bonchev–Trinajstić information content (AvgIpc) is 3.37. The van der Waals surface area contributed by atoms with Gasteiger partial charge < -0.3 is 10.0 Å². The molecule has 4 rings (SSSR count). The zero-order chi connectivity index (χ0) is 23.1. The van der Waals surface area contributed by atoms with Gasteiger partial charge in [0.15, 0.2) is 0 Å². The Morgan fingerprint density at radius 3 is 2.50 bits per heavy atom. The summed E-state index contributed by atoms with van der Waals surface area (Å²) in [5.74, 6) is -1.05. The zero-order valence-electron chi connectivity index (χ0n) is 17.2. The first-order valence-corrected chi connectivity index (χ1v) is 10.8. The number of hydrogen-bond donors (Lipinski definition) is 2. The first-order valence-electron chi connectivity index (χ1n) is 10.4. The Morgan fingerprint density at radius 2 is 1.88 bits per heavy atom. The molecule has 3 aliphatic heterocycles. The molecule has 1 spiro atoms. The Labute approximate surface area is 188 Å². The van der Waals surface area contributed by atoms with Crippen molar-refractivity contribution in [2.45, 2.75) is 38.0 Å². The summed E-state index contributed by atoms with van der Waals surface area (Å²) in [5.41, 5.74) is 2.30. The number of piperidine rings is 1. The SMILES string of the molecule is O=C(O)C1C=CN(C(=O)N2CCC3(CCN(Cc4cccc(C(F)(F)F)c4Cl)C3)CC2)N1. The van der Waals surface area contributed by atoms with Gasteiger partial charge in [0.25, 0.3) is 0 Å². The van der Waals surface area contributed by atoms with Gasteiger partial charge in [-0.15, -0.1) is 0 Å². The largest absolute Gasteiger partial charge is 0.480 e. The van der Waals surface area contributed by atoms with E-state index < -0.39 is 23.8 Å². The molecule has 1 aromatic carbocycles. The number of carbonyl (C=O) groups excluding carboxylic acids is 1. The molecule has 1 aromatic rings. The van der Waals surface area contributed by atoms with Gasteiger partial charge in [-0.05, 0) is 48.9 Å². The van der Waals surface area contributed by atoms with E-state index in [1.54, 1.807) is 11.0 Å². The maximum atomic E-state index is 13.1. The van der Waals surface area contributed by atoms with Gasteiger partial charge in [-0.25, -0.2) is 15.2 Å². The van der Waals surface area contributed by atoms with E-state index in [2.05, 4.69) is 10.3 Å². The molecular weight excluding hydrogens is 449 g/mol. The number of benzene rings is 1. The summed E-state index contributed by atoms with van der Waals surface area (Å²) < 4.78 is 39.4. The van der Waals surface area contributed by atoms with Crippen LogP contribution in [0.2, 0.25) is 5.02 Å². The molecule has 2 N–H and O–H groups in total. The summed E-state index contributed by atoms with van der Waals surface area (Å²) in [6, 6.07) is 2.81. The first-order chi connectivity index (χ1) is 15.1. The molecule has 2 fully saturated rings. The van der Waals surface area contributed by atoms with E-state index >= 15 is 0 Å². The third-order valence-corrected chi connectivity index (χ3v) is 7.01. The lowest BCUT2D eigenvalue weighted by Crippen LogP contribution is -2.52. The predicted molar refractivity (Wildman–Crippen MR) is 111 cm³/mol. The highest BCUT2D eigenvalue weighted by atomic mass is 35.5. The van der Waals surface area contributed by atoms with Gasteiger partial charge in [0.2, 0.25) is 0 Å². The number of rotatable bonds is 3. The van der Waals surface area contributed by atoms with Gasteiger partial charge in [0.1, 0.15) is 6.04 Å². The van der Waals surface area contributed by atoms with Gasteiger partial charge in [0, 0.05) is 32.4 Å². The van der Waals surface area contributed by atoms with E-state index in [1.807, 2.05) is 0 Å². The minimum absolute atomic E-state index is 0.0166. The highest BCUT2D eigenvalue weighted by Crippen LogP contribution is 2.42. The van der Waals surface area contributed by atoms with E-state index in [0.29, 0.717) is 25.2 Å². The monoisotopic (exact) mass is 472 g/mol. The molecule has 3 heterocycles. The van der Waals surface area contributed by atoms with Crippen LogP contribution in [0.3, 0.4) is 0 Å². The Kier molecular flexibility index (Phi) is 6.12. The smallest absolute Gasteiger partial charge is 0.417 e. The fourth-order valence-corrected chi connectivity index (χ4v) is 5.01. The van der Waals surface area contributed by atoms with E-state index in [0.717, 1.165) is 38.4 Å². The molecule has 1 atom stereocenters. The second-order valence-electron chi connectivity index (χ2n) is 8.66. The predicted octanol–water partition coefficient (Wildman–Crippen LogP) is 3.55. The molecule has 0 bridgehead atoms. The van der Waals surface area contributed by atoms with E-state index in [1.165, 1.54) is 23.4 Å². The van der Waals surface area contributed by atoms with Gasteiger partial charge in [0.05, 0.1) is 10.6 Å². The van der Waals surface area contributed by atoms with Crippen LogP contribution in [0.25, 0.3) is 0 Å². The molecule has 11 heteroatoms. The molecule has 2 saturated heterocycles. The topological polar surface area (TPSA) is 76.1 Å². The Balaban J connectivity index is 1.33. The number of alkyl halides is 3. The van der Waals surface area contributed by atoms with Crippen molar-refractivity contribution in [2.24, 2.45) is 5.41 Å². The lowest BCUT2D eigenvalue weighted by atomic mass is 9.78. The molecular formula is C21H24ClF3N4O3. The Bertz CT molecular complexity index is 931. The lowest BCUT2D eigenvalue weighted by Gasteiger charge is -2.40. The number of carboxylic acid groups (broad SMARTS) is 1. The summed E-state index contributed by atoms with van der Waals surface area (Å²) in [4.78, 5) is 27.5. The summed E-state index contributed by atoms with van der Waals surface area (Å²) in [6.45, 7) is 2.94. The molecule has 174 valence electrons. The molecule has 0 saturated carbocycles. The number of hydrogen-bond acceptors (Lipinski definition) is 4. The van der Waals surface area contributed by atoms with Crippen molar-refractivity contribution in [3.8, 4) is 0 Å². The van der Waals surface area contributed by atoms with Crippen LogP contribution < -0.4 is 5.43 Å². The molecule has 3 aliphatic rings. The second-order valence-corrected chi connectivity index (χ2v) is 9.04. The summed E-state index contributed by atoms with van der Waals surface area (Å²) in [5, 5.41) is 9.99. The number of carbonyl (C=O) groups is 2.